The van der Waals surface area contributed by atoms with Crippen molar-refractivity contribution in [3.05, 3.63) is 11.6 Å². The number of ketones is 1. The summed E-state index contributed by atoms with van der Waals surface area (Å²) in [5.74, 6) is 0.206. The molecule has 0 atom stereocenters. The van der Waals surface area contributed by atoms with E-state index < -0.39 is 5.60 Å². The van der Waals surface area contributed by atoms with Crippen LogP contribution < -0.4 is 0 Å². The highest BCUT2D eigenvalue weighted by molar-refractivity contribution is 6.02. The standard InChI is InChI=1S/C13H20O3/c1-15-13(7-9-16-10-8-13)12(14)11-5-3-2-4-6-11/h5H,2-4,6-10H2,1H3. The van der Waals surface area contributed by atoms with Gasteiger partial charge in [-0.2, -0.15) is 0 Å². The van der Waals surface area contributed by atoms with Gasteiger partial charge in [0.2, 0.25) is 0 Å². The molecule has 0 amide bonds. The number of rotatable bonds is 3. The smallest absolute Gasteiger partial charge is 0.190 e. The van der Waals surface area contributed by atoms with Crippen molar-refractivity contribution >= 4 is 5.78 Å². The number of methoxy groups -OCH3 is 1. The first-order chi connectivity index (χ1) is 7.78. The van der Waals surface area contributed by atoms with Crippen molar-refractivity contribution in [2.75, 3.05) is 20.3 Å². The van der Waals surface area contributed by atoms with Gasteiger partial charge in [0.15, 0.2) is 5.78 Å². The van der Waals surface area contributed by atoms with Crippen LogP contribution in [-0.4, -0.2) is 31.7 Å². The van der Waals surface area contributed by atoms with Gasteiger partial charge in [-0.3, -0.25) is 4.79 Å². The van der Waals surface area contributed by atoms with E-state index >= 15 is 0 Å². The molecule has 1 aliphatic carbocycles. The van der Waals surface area contributed by atoms with Crippen molar-refractivity contribution in [2.24, 2.45) is 0 Å². The fourth-order valence-corrected chi connectivity index (χ4v) is 2.56. The van der Waals surface area contributed by atoms with E-state index in [1.54, 1.807) is 7.11 Å². The van der Waals surface area contributed by atoms with Crippen LogP contribution in [0.3, 0.4) is 0 Å². The predicted molar refractivity (Wildman–Crippen MR) is 61.4 cm³/mol. The minimum absolute atomic E-state index is 0.206. The van der Waals surface area contributed by atoms with Crippen molar-refractivity contribution in [3.8, 4) is 0 Å². The maximum absolute atomic E-state index is 12.5. The van der Waals surface area contributed by atoms with Crippen LogP contribution in [0, 0.1) is 0 Å². The van der Waals surface area contributed by atoms with Gasteiger partial charge in [0.25, 0.3) is 0 Å². The van der Waals surface area contributed by atoms with Gasteiger partial charge in [-0.1, -0.05) is 6.08 Å². The number of Topliss-reactive ketones (excluding diaryl/α,β-unsaturated/α-hetero) is 1. The van der Waals surface area contributed by atoms with Gasteiger partial charge in [-0.25, -0.2) is 0 Å². The number of carbonyl (C=O) groups excluding carboxylic acids is 1. The highest BCUT2D eigenvalue weighted by atomic mass is 16.5. The fraction of sp³-hybridized carbons (Fsp3) is 0.769. The Labute approximate surface area is 96.8 Å². The zero-order valence-electron chi connectivity index (χ0n) is 9.96. The predicted octanol–water partition coefficient (Wildman–Crippen LogP) is 2.25. The molecule has 0 aromatic rings. The number of allylic oxidation sites excluding steroid dienone is 1. The zero-order chi connectivity index (χ0) is 11.4. The second-order valence-corrected chi connectivity index (χ2v) is 4.62. The van der Waals surface area contributed by atoms with Crippen LogP contribution in [0.25, 0.3) is 0 Å². The van der Waals surface area contributed by atoms with Gasteiger partial charge in [0.05, 0.1) is 0 Å². The molecule has 3 nitrogen and oxygen atoms in total. The van der Waals surface area contributed by atoms with Gasteiger partial charge in [0, 0.05) is 33.2 Å². The first-order valence-electron chi connectivity index (χ1n) is 6.15. The lowest BCUT2D eigenvalue weighted by Crippen LogP contribution is -2.46. The maximum Gasteiger partial charge on any atom is 0.190 e. The second-order valence-electron chi connectivity index (χ2n) is 4.62. The lowest BCUT2D eigenvalue weighted by atomic mass is 9.82. The van der Waals surface area contributed by atoms with Crippen molar-refractivity contribution in [2.45, 2.75) is 44.1 Å². The normalized spacial score (nSPS) is 24.9. The molecule has 2 aliphatic rings. The topological polar surface area (TPSA) is 35.5 Å². The van der Waals surface area contributed by atoms with E-state index in [-0.39, 0.29) is 5.78 Å². The number of hydrogen-bond acceptors (Lipinski definition) is 3. The summed E-state index contributed by atoms with van der Waals surface area (Å²) in [6, 6.07) is 0. The molecule has 1 saturated heterocycles. The van der Waals surface area contributed by atoms with E-state index in [1.807, 2.05) is 0 Å². The monoisotopic (exact) mass is 224 g/mol. The summed E-state index contributed by atoms with van der Waals surface area (Å²) in [5.41, 5.74) is 0.386. The van der Waals surface area contributed by atoms with Crippen molar-refractivity contribution in [3.63, 3.8) is 0 Å². The summed E-state index contributed by atoms with van der Waals surface area (Å²) in [7, 11) is 1.65. The molecule has 0 radical (unpaired) electrons. The lowest BCUT2D eigenvalue weighted by Gasteiger charge is -2.35. The second kappa shape index (κ2) is 5.11. The molecule has 16 heavy (non-hydrogen) atoms. The van der Waals surface area contributed by atoms with Gasteiger partial charge in [-0.15, -0.1) is 0 Å². The summed E-state index contributed by atoms with van der Waals surface area (Å²) in [5, 5.41) is 0. The minimum Gasteiger partial charge on any atom is -0.381 e. The average molecular weight is 224 g/mol. The van der Waals surface area contributed by atoms with Gasteiger partial charge in [-0.05, 0) is 31.3 Å². The van der Waals surface area contributed by atoms with Gasteiger partial charge < -0.3 is 9.47 Å². The van der Waals surface area contributed by atoms with Crippen LogP contribution in [0.2, 0.25) is 0 Å². The summed E-state index contributed by atoms with van der Waals surface area (Å²) in [4.78, 5) is 12.5. The Balaban J connectivity index is 2.13. The highest BCUT2D eigenvalue weighted by Crippen LogP contribution is 2.31. The summed E-state index contributed by atoms with van der Waals surface area (Å²) < 4.78 is 10.8. The molecule has 0 unspecified atom stereocenters. The van der Waals surface area contributed by atoms with Gasteiger partial charge in [0.1, 0.15) is 5.60 Å². The van der Waals surface area contributed by atoms with Crippen molar-refractivity contribution in [1.29, 1.82) is 0 Å². The molecule has 0 aromatic carbocycles. The molecule has 2 rings (SSSR count). The van der Waals surface area contributed by atoms with E-state index in [0.29, 0.717) is 26.1 Å². The molecule has 0 saturated carbocycles. The Morgan fingerprint density at radius 3 is 2.69 bits per heavy atom. The van der Waals surface area contributed by atoms with E-state index in [0.717, 1.165) is 24.8 Å². The van der Waals surface area contributed by atoms with E-state index in [1.165, 1.54) is 6.42 Å². The van der Waals surface area contributed by atoms with Gasteiger partial charge >= 0.3 is 0 Å². The van der Waals surface area contributed by atoms with Crippen LogP contribution in [-0.2, 0) is 14.3 Å². The Hall–Kier alpha value is -0.670. The molecule has 0 bridgehead atoms. The summed E-state index contributed by atoms with van der Waals surface area (Å²) in [6.45, 7) is 1.26. The molecule has 1 aliphatic heterocycles. The molecular weight excluding hydrogens is 204 g/mol. The van der Waals surface area contributed by atoms with Crippen molar-refractivity contribution in [1.82, 2.24) is 0 Å². The van der Waals surface area contributed by atoms with Crippen LogP contribution >= 0.6 is 0 Å². The molecule has 3 heteroatoms. The Bertz CT molecular complexity index is 288. The molecule has 0 spiro atoms. The van der Waals surface area contributed by atoms with Crippen LogP contribution in [0.5, 0.6) is 0 Å². The Kier molecular flexibility index (Phi) is 3.77. The minimum atomic E-state index is -0.596. The lowest BCUT2D eigenvalue weighted by molar-refractivity contribution is -0.148. The summed E-state index contributed by atoms with van der Waals surface area (Å²) in [6.07, 6.45) is 7.79. The first-order valence-corrected chi connectivity index (χ1v) is 6.15. The highest BCUT2D eigenvalue weighted by Gasteiger charge is 2.41. The molecule has 1 heterocycles. The van der Waals surface area contributed by atoms with Crippen LogP contribution in [0.4, 0.5) is 0 Å². The summed E-state index contributed by atoms with van der Waals surface area (Å²) >= 11 is 0. The van der Waals surface area contributed by atoms with E-state index in [2.05, 4.69) is 6.08 Å². The van der Waals surface area contributed by atoms with Crippen LogP contribution in [0.1, 0.15) is 38.5 Å². The maximum atomic E-state index is 12.5. The largest absolute Gasteiger partial charge is 0.381 e. The fourth-order valence-electron chi connectivity index (χ4n) is 2.56. The SMILES string of the molecule is COC1(C(=O)C2=CCCCC2)CCOCC1. The molecule has 1 fully saturated rings. The molecule has 0 aromatic heterocycles. The zero-order valence-corrected chi connectivity index (χ0v) is 9.96. The third-order valence-corrected chi connectivity index (χ3v) is 3.69. The quantitative estimate of drug-likeness (QED) is 0.737. The number of carbonyl (C=O) groups is 1. The Morgan fingerprint density at radius 2 is 2.12 bits per heavy atom. The molecule has 0 N–H and O–H groups in total. The van der Waals surface area contributed by atoms with E-state index in [9.17, 15) is 4.79 Å². The first kappa shape index (κ1) is 11.8. The third-order valence-electron chi connectivity index (χ3n) is 3.69. The average Bonchev–Trinajstić information content (AvgIpc) is 2.39. The van der Waals surface area contributed by atoms with E-state index in [4.69, 9.17) is 9.47 Å². The van der Waals surface area contributed by atoms with Crippen LogP contribution in [0.15, 0.2) is 11.6 Å². The Morgan fingerprint density at radius 1 is 1.38 bits per heavy atom. The number of hydrogen-bond donors (Lipinski definition) is 0. The molecular formula is C13H20O3. The third kappa shape index (κ3) is 2.20. The van der Waals surface area contributed by atoms with Crippen molar-refractivity contribution < 1.29 is 14.3 Å². The number of ether oxygens (including phenoxy) is 2. The molecule has 90 valence electrons.